The lowest BCUT2D eigenvalue weighted by Gasteiger charge is -2.14. The SMILES string of the molecule is Cc1ccc(NC(=O)C(=O)Nn2c(C(=O)Nc3cccc(Cl)c3C)cc3cc(Cl)ccc32)cc1C. The molecule has 3 amide bonds. The van der Waals surface area contributed by atoms with Crippen molar-refractivity contribution in [2.45, 2.75) is 20.8 Å². The van der Waals surface area contributed by atoms with E-state index in [-0.39, 0.29) is 5.69 Å². The van der Waals surface area contributed by atoms with Gasteiger partial charge in [0, 0.05) is 26.8 Å². The van der Waals surface area contributed by atoms with Gasteiger partial charge in [-0.2, -0.15) is 0 Å². The molecule has 3 N–H and O–H groups in total. The van der Waals surface area contributed by atoms with E-state index in [9.17, 15) is 14.4 Å². The maximum atomic E-state index is 13.2. The lowest BCUT2D eigenvalue weighted by molar-refractivity contribution is -0.133. The Balaban J connectivity index is 1.64. The third kappa shape index (κ3) is 5.16. The normalized spacial score (nSPS) is 10.8. The molecule has 0 aliphatic heterocycles. The zero-order chi connectivity index (χ0) is 25.3. The molecule has 3 aromatic carbocycles. The predicted octanol–water partition coefficient (Wildman–Crippen LogP) is 5.83. The molecule has 0 unspecified atom stereocenters. The van der Waals surface area contributed by atoms with Gasteiger partial charge >= 0.3 is 11.8 Å². The number of amides is 3. The van der Waals surface area contributed by atoms with E-state index in [4.69, 9.17) is 23.2 Å². The van der Waals surface area contributed by atoms with Crippen LogP contribution in [0.15, 0.2) is 60.7 Å². The standard InChI is InChI=1S/C26H22Cl2N4O3/c1-14-7-9-19(11-15(14)2)29-25(34)26(35)31-32-22-10-8-18(27)12-17(22)13-23(32)24(33)30-21-6-4-5-20(28)16(21)3/h4-13H,1-3H3,(H,29,34)(H,30,33)(H,31,35). The number of rotatable bonds is 4. The third-order valence-electron chi connectivity index (χ3n) is 5.70. The number of nitrogens with zero attached hydrogens (tertiary/aromatic N) is 1. The number of aromatic nitrogens is 1. The maximum Gasteiger partial charge on any atom is 0.328 e. The van der Waals surface area contributed by atoms with E-state index in [0.717, 1.165) is 11.1 Å². The number of nitrogens with one attached hydrogen (secondary N) is 3. The lowest BCUT2D eigenvalue weighted by atomic mass is 10.1. The minimum absolute atomic E-state index is 0.106. The molecule has 0 bridgehead atoms. The zero-order valence-electron chi connectivity index (χ0n) is 19.2. The summed E-state index contributed by atoms with van der Waals surface area (Å²) in [4.78, 5) is 38.6. The molecule has 0 aliphatic carbocycles. The maximum absolute atomic E-state index is 13.2. The molecule has 4 rings (SSSR count). The molecule has 4 aromatic rings. The van der Waals surface area contributed by atoms with E-state index >= 15 is 0 Å². The molecule has 0 radical (unpaired) electrons. The van der Waals surface area contributed by atoms with Crippen LogP contribution in [0, 0.1) is 20.8 Å². The molecule has 0 saturated carbocycles. The number of fused-ring (bicyclic) bond motifs is 1. The Kier molecular flexibility index (Phi) is 6.82. The van der Waals surface area contributed by atoms with E-state index in [2.05, 4.69) is 16.1 Å². The Morgan fingerprint density at radius 1 is 0.800 bits per heavy atom. The van der Waals surface area contributed by atoms with Gasteiger partial charge in [0.15, 0.2) is 0 Å². The zero-order valence-corrected chi connectivity index (χ0v) is 20.7. The van der Waals surface area contributed by atoms with E-state index in [1.54, 1.807) is 61.5 Å². The van der Waals surface area contributed by atoms with Crippen molar-refractivity contribution in [1.29, 1.82) is 0 Å². The van der Waals surface area contributed by atoms with Gasteiger partial charge in [-0.15, -0.1) is 0 Å². The molecule has 0 fully saturated rings. The minimum Gasteiger partial charge on any atom is -0.320 e. The Labute approximate surface area is 212 Å². The molecule has 0 aliphatic rings. The van der Waals surface area contributed by atoms with Crippen LogP contribution in [0.5, 0.6) is 0 Å². The van der Waals surface area contributed by atoms with Gasteiger partial charge < -0.3 is 10.6 Å². The topological polar surface area (TPSA) is 92.2 Å². The van der Waals surface area contributed by atoms with Gasteiger partial charge in [0.1, 0.15) is 5.69 Å². The molecule has 35 heavy (non-hydrogen) atoms. The van der Waals surface area contributed by atoms with Gasteiger partial charge in [-0.3, -0.25) is 19.8 Å². The summed E-state index contributed by atoms with van der Waals surface area (Å²) in [7, 11) is 0. The first-order valence-corrected chi connectivity index (χ1v) is 11.5. The Hall–Kier alpha value is -3.81. The van der Waals surface area contributed by atoms with E-state index in [0.29, 0.717) is 37.9 Å². The highest BCUT2D eigenvalue weighted by atomic mass is 35.5. The monoisotopic (exact) mass is 508 g/mol. The largest absolute Gasteiger partial charge is 0.328 e. The molecule has 1 heterocycles. The second kappa shape index (κ2) is 9.82. The van der Waals surface area contributed by atoms with Gasteiger partial charge in [-0.25, -0.2) is 4.68 Å². The summed E-state index contributed by atoms with van der Waals surface area (Å²) in [5.41, 5.74) is 6.89. The molecule has 0 atom stereocenters. The van der Waals surface area contributed by atoms with Crippen molar-refractivity contribution >= 4 is 63.2 Å². The minimum atomic E-state index is -0.941. The van der Waals surface area contributed by atoms with Gasteiger partial charge in [0.2, 0.25) is 0 Å². The molecule has 178 valence electrons. The molecule has 9 heteroatoms. The van der Waals surface area contributed by atoms with Crippen molar-refractivity contribution in [3.8, 4) is 0 Å². The average molecular weight is 509 g/mol. The van der Waals surface area contributed by atoms with Gasteiger partial charge in [-0.1, -0.05) is 35.3 Å². The van der Waals surface area contributed by atoms with Crippen LogP contribution >= 0.6 is 23.2 Å². The van der Waals surface area contributed by atoms with Crippen molar-refractivity contribution < 1.29 is 14.4 Å². The number of hydrogen-bond acceptors (Lipinski definition) is 3. The van der Waals surface area contributed by atoms with Crippen molar-refractivity contribution in [3.05, 3.63) is 93.1 Å². The van der Waals surface area contributed by atoms with Crippen molar-refractivity contribution in [3.63, 3.8) is 0 Å². The second-order valence-electron chi connectivity index (χ2n) is 8.13. The predicted molar refractivity (Wildman–Crippen MR) is 140 cm³/mol. The first-order valence-electron chi connectivity index (χ1n) is 10.7. The number of carbonyl (C=O) groups is 3. The van der Waals surface area contributed by atoms with Crippen LogP contribution in [0.1, 0.15) is 27.2 Å². The van der Waals surface area contributed by atoms with Crippen molar-refractivity contribution in [2.24, 2.45) is 0 Å². The average Bonchev–Trinajstić information content (AvgIpc) is 3.16. The summed E-state index contributed by atoms with van der Waals surface area (Å²) < 4.78 is 1.27. The van der Waals surface area contributed by atoms with Crippen LogP contribution in [-0.4, -0.2) is 22.4 Å². The molecular weight excluding hydrogens is 487 g/mol. The van der Waals surface area contributed by atoms with Crippen molar-refractivity contribution in [1.82, 2.24) is 4.68 Å². The third-order valence-corrected chi connectivity index (χ3v) is 6.34. The van der Waals surface area contributed by atoms with Crippen LogP contribution in [0.2, 0.25) is 10.0 Å². The molecule has 7 nitrogen and oxygen atoms in total. The summed E-state index contributed by atoms with van der Waals surface area (Å²) >= 11 is 12.3. The second-order valence-corrected chi connectivity index (χ2v) is 8.97. The number of aryl methyl sites for hydroxylation is 2. The fourth-order valence-electron chi connectivity index (χ4n) is 3.56. The van der Waals surface area contributed by atoms with Crippen LogP contribution in [-0.2, 0) is 9.59 Å². The van der Waals surface area contributed by atoms with Crippen LogP contribution in [0.4, 0.5) is 11.4 Å². The Bertz CT molecular complexity index is 1490. The summed E-state index contributed by atoms with van der Waals surface area (Å²) in [6.45, 7) is 5.65. The molecular formula is C26H22Cl2N4O3. The highest BCUT2D eigenvalue weighted by Crippen LogP contribution is 2.26. The number of halogens is 2. The quantitative estimate of drug-likeness (QED) is 0.302. The molecule has 0 spiro atoms. The number of hydrogen-bond donors (Lipinski definition) is 3. The number of anilines is 2. The first kappa shape index (κ1) is 24.3. The summed E-state index contributed by atoms with van der Waals surface area (Å²) in [5, 5.41) is 6.97. The van der Waals surface area contributed by atoms with Crippen LogP contribution < -0.4 is 16.1 Å². The highest BCUT2D eigenvalue weighted by Gasteiger charge is 2.22. The Morgan fingerprint density at radius 2 is 1.57 bits per heavy atom. The number of benzene rings is 3. The summed E-state index contributed by atoms with van der Waals surface area (Å²) in [5.74, 6) is -2.32. The number of carbonyl (C=O) groups excluding carboxylic acids is 3. The lowest BCUT2D eigenvalue weighted by Crippen LogP contribution is -2.36. The fourth-order valence-corrected chi connectivity index (χ4v) is 3.92. The highest BCUT2D eigenvalue weighted by molar-refractivity contribution is 6.42. The molecule has 0 saturated heterocycles. The van der Waals surface area contributed by atoms with Gasteiger partial charge in [0.05, 0.1) is 5.52 Å². The Morgan fingerprint density at radius 3 is 2.31 bits per heavy atom. The summed E-state index contributed by atoms with van der Waals surface area (Å²) in [6.07, 6.45) is 0. The molecule has 1 aromatic heterocycles. The van der Waals surface area contributed by atoms with Crippen LogP contribution in [0.3, 0.4) is 0 Å². The van der Waals surface area contributed by atoms with Gasteiger partial charge in [-0.05, 0) is 86.0 Å². The smallest absolute Gasteiger partial charge is 0.320 e. The van der Waals surface area contributed by atoms with E-state index < -0.39 is 17.7 Å². The van der Waals surface area contributed by atoms with E-state index in [1.165, 1.54) is 4.68 Å². The van der Waals surface area contributed by atoms with Gasteiger partial charge in [0.25, 0.3) is 5.91 Å². The summed E-state index contributed by atoms with van der Waals surface area (Å²) in [6, 6.07) is 17.0. The van der Waals surface area contributed by atoms with Crippen molar-refractivity contribution in [2.75, 3.05) is 16.1 Å². The van der Waals surface area contributed by atoms with E-state index in [1.807, 2.05) is 19.9 Å². The first-order chi connectivity index (χ1) is 16.6. The fraction of sp³-hybridized carbons (Fsp3) is 0.115. The van der Waals surface area contributed by atoms with Crippen LogP contribution in [0.25, 0.3) is 10.9 Å².